The topological polar surface area (TPSA) is 41.1 Å². The molecular formula is C17H18F2N2O. The van der Waals surface area contributed by atoms with Gasteiger partial charge in [-0.2, -0.15) is 0 Å². The summed E-state index contributed by atoms with van der Waals surface area (Å²) < 4.78 is 26.9. The predicted octanol–water partition coefficient (Wildman–Crippen LogP) is 4.02. The van der Waals surface area contributed by atoms with E-state index in [0.29, 0.717) is 22.5 Å². The molecule has 116 valence electrons. The van der Waals surface area contributed by atoms with E-state index in [1.807, 2.05) is 0 Å². The first kappa shape index (κ1) is 15.9. The number of aryl methyl sites for hydroxylation is 2. The second-order valence-electron chi connectivity index (χ2n) is 5.28. The van der Waals surface area contributed by atoms with Gasteiger partial charge >= 0.3 is 0 Å². The number of amides is 1. The van der Waals surface area contributed by atoms with Crippen molar-refractivity contribution in [2.75, 3.05) is 10.6 Å². The normalized spacial score (nSPS) is 11.9. The van der Waals surface area contributed by atoms with E-state index in [1.54, 1.807) is 45.0 Å². The van der Waals surface area contributed by atoms with Crippen LogP contribution in [0, 0.1) is 25.5 Å². The van der Waals surface area contributed by atoms with Gasteiger partial charge in [0, 0.05) is 11.4 Å². The molecule has 0 saturated heterocycles. The quantitative estimate of drug-likeness (QED) is 0.895. The zero-order valence-corrected chi connectivity index (χ0v) is 12.7. The van der Waals surface area contributed by atoms with E-state index < -0.39 is 6.04 Å². The molecule has 0 aliphatic rings. The van der Waals surface area contributed by atoms with Crippen molar-refractivity contribution in [1.29, 1.82) is 0 Å². The average molecular weight is 304 g/mol. The van der Waals surface area contributed by atoms with E-state index in [-0.39, 0.29) is 17.5 Å². The number of carbonyl (C=O) groups is 1. The van der Waals surface area contributed by atoms with Crippen LogP contribution in [0.3, 0.4) is 0 Å². The lowest BCUT2D eigenvalue weighted by Crippen LogP contribution is -2.31. The van der Waals surface area contributed by atoms with Gasteiger partial charge in [-0.25, -0.2) is 8.78 Å². The summed E-state index contributed by atoms with van der Waals surface area (Å²) in [7, 11) is 0. The van der Waals surface area contributed by atoms with Crippen molar-refractivity contribution in [2.24, 2.45) is 0 Å². The Balaban J connectivity index is 2.02. The van der Waals surface area contributed by atoms with E-state index in [2.05, 4.69) is 10.6 Å². The minimum Gasteiger partial charge on any atom is -0.374 e. The van der Waals surface area contributed by atoms with Crippen LogP contribution < -0.4 is 10.6 Å². The summed E-state index contributed by atoms with van der Waals surface area (Å²) in [5.41, 5.74) is 1.95. The Morgan fingerprint density at radius 3 is 2.00 bits per heavy atom. The zero-order valence-electron chi connectivity index (χ0n) is 12.7. The molecule has 0 bridgehead atoms. The minimum absolute atomic E-state index is 0.329. The van der Waals surface area contributed by atoms with Gasteiger partial charge < -0.3 is 10.6 Å². The number of carbonyl (C=O) groups excluding carboxylic acids is 1. The first-order valence-electron chi connectivity index (χ1n) is 6.96. The highest BCUT2D eigenvalue weighted by atomic mass is 19.1. The molecule has 0 aliphatic carbocycles. The van der Waals surface area contributed by atoms with Gasteiger partial charge in [0.2, 0.25) is 5.91 Å². The highest BCUT2D eigenvalue weighted by Gasteiger charge is 2.14. The number of rotatable bonds is 4. The van der Waals surface area contributed by atoms with E-state index >= 15 is 0 Å². The highest BCUT2D eigenvalue weighted by molar-refractivity contribution is 5.96. The molecule has 2 N–H and O–H groups in total. The van der Waals surface area contributed by atoms with Crippen molar-refractivity contribution in [3.8, 4) is 0 Å². The van der Waals surface area contributed by atoms with Crippen LogP contribution in [-0.2, 0) is 4.79 Å². The fourth-order valence-electron chi connectivity index (χ4n) is 1.92. The molecule has 0 heterocycles. The maximum absolute atomic E-state index is 13.5. The third kappa shape index (κ3) is 3.81. The third-order valence-corrected chi connectivity index (χ3v) is 3.39. The Labute approximate surface area is 128 Å². The van der Waals surface area contributed by atoms with Crippen LogP contribution in [0.15, 0.2) is 36.4 Å². The van der Waals surface area contributed by atoms with Crippen LogP contribution >= 0.6 is 0 Å². The van der Waals surface area contributed by atoms with Crippen molar-refractivity contribution in [3.63, 3.8) is 0 Å². The van der Waals surface area contributed by atoms with Crippen molar-refractivity contribution >= 4 is 17.3 Å². The molecule has 2 rings (SSSR count). The number of hydrogen-bond acceptors (Lipinski definition) is 2. The van der Waals surface area contributed by atoms with Gasteiger partial charge in [-0.3, -0.25) is 4.79 Å². The van der Waals surface area contributed by atoms with Crippen LogP contribution in [0.4, 0.5) is 20.2 Å². The molecule has 1 unspecified atom stereocenters. The fourth-order valence-corrected chi connectivity index (χ4v) is 1.92. The maximum Gasteiger partial charge on any atom is 0.246 e. The van der Waals surface area contributed by atoms with Crippen molar-refractivity contribution in [2.45, 2.75) is 26.8 Å². The summed E-state index contributed by atoms with van der Waals surface area (Å²) in [5, 5.41) is 5.53. The van der Waals surface area contributed by atoms with E-state index in [9.17, 15) is 13.6 Å². The van der Waals surface area contributed by atoms with Gasteiger partial charge in [-0.15, -0.1) is 0 Å². The van der Waals surface area contributed by atoms with Gasteiger partial charge in [-0.05, 0) is 56.2 Å². The molecular weight excluding hydrogens is 286 g/mol. The van der Waals surface area contributed by atoms with E-state index in [1.165, 1.54) is 12.1 Å². The Morgan fingerprint density at radius 1 is 0.955 bits per heavy atom. The highest BCUT2D eigenvalue weighted by Crippen LogP contribution is 2.16. The number of anilines is 2. The molecule has 2 aromatic carbocycles. The predicted molar refractivity (Wildman–Crippen MR) is 84.0 cm³/mol. The molecule has 5 heteroatoms. The van der Waals surface area contributed by atoms with Crippen molar-refractivity contribution in [3.05, 3.63) is 59.2 Å². The summed E-state index contributed by atoms with van der Waals surface area (Å²) in [6.07, 6.45) is 0. The number of nitrogens with one attached hydrogen (secondary N) is 2. The lowest BCUT2D eigenvalue weighted by Gasteiger charge is -2.16. The van der Waals surface area contributed by atoms with Crippen LogP contribution in [0.2, 0.25) is 0 Å². The largest absolute Gasteiger partial charge is 0.374 e. The lowest BCUT2D eigenvalue weighted by atomic mass is 10.2. The summed E-state index contributed by atoms with van der Waals surface area (Å²) in [5.74, 6) is -1.04. The van der Waals surface area contributed by atoms with Crippen LogP contribution in [0.1, 0.15) is 18.1 Å². The molecule has 0 aliphatic heterocycles. The zero-order chi connectivity index (χ0) is 16.3. The summed E-state index contributed by atoms with van der Waals surface area (Å²) >= 11 is 0. The molecule has 0 spiro atoms. The third-order valence-electron chi connectivity index (χ3n) is 3.39. The smallest absolute Gasteiger partial charge is 0.246 e. The van der Waals surface area contributed by atoms with Crippen LogP contribution in [0.5, 0.6) is 0 Å². The Bertz CT molecular complexity index is 701. The molecule has 1 amide bonds. The van der Waals surface area contributed by atoms with Gasteiger partial charge in [0.25, 0.3) is 0 Å². The Hall–Kier alpha value is -2.43. The fraction of sp³-hybridized carbons (Fsp3) is 0.235. The summed E-state index contributed by atoms with van der Waals surface area (Å²) in [6.45, 7) is 4.97. The molecule has 0 saturated carbocycles. The molecule has 0 fully saturated rings. The number of halogens is 2. The molecule has 2 aromatic rings. The minimum atomic E-state index is -0.591. The van der Waals surface area contributed by atoms with Gasteiger partial charge in [0.05, 0.1) is 0 Å². The SMILES string of the molecule is Cc1ccc(NC(=O)C(C)Nc2ccc(C)c(F)c2)cc1F. The standard InChI is InChI=1S/C17H18F2N2O/c1-10-4-6-13(8-15(10)18)20-12(3)17(22)21-14-7-5-11(2)16(19)9-14/h4-9,12,20H,1-3H3,(H,21,22). The number of benzene rings is 2. The second kappa shape index (κ2) is 6.56. The molecule has 3 nitrogen and oxygen atoms in total. The first-order chi connectivity index (χ1) is 10.4. The van der Waals surface area contributed by atoms with E-state index in [0.717, 1.165) is 0 Å². The average Bonchev–Trinajstić information content (AvgIpc) is 2.46. The Kier molecular flexibility index (Phi) is 4.75. The first-order valence-corrected chi connectivity index (χ1v) is 6.96. The van der Waals surface area contributed by atoms with Gasteiger partial charge in [-0.1, -0.05) is 12.1 Å². The van der Waals surface area contributed by atoms with Gasteiger partial charge in [0.1, 0.15) is 17.7 Å². The monoisotopic (exact) mass is 304 g/mol. The van der Waals surface area contributed by atoms with Gasteiger partial charge in [0.15, 0.2) is 0 Å². The molecule has 0 aromatic heterocycles. The Morgan fingerprint density at radius 2 is 1.45 bits per heavy atom. The maximum atomic E-state index is 13.5. The molecule has 1 atom stereocenters. The van der Waals surface area contributed by atoms with Crippen molar-refractivity contribution in [1.82, 2.24) is 0 Å². The molecule has 22 heavy (non-hydrogen) atoms. The summed E-state index contributed by atoms with van der Waals surface area (Å²) in [6, 6.07) is 8.58. The van der Waals surface area contributed by atoms with Crippen LogP contribution in [-0.4, -0.2) is 11.9 Å². The lowest BCUT2D eigenvalue weighted by molar-refractivity contribution is -0.116. The summed E-state index contributed by atoms with van der Waals surface area (Å²) in [4.78, 5) is 12.1. The second-order valence-corrected chi connectivity index (χ2v) is 5.28. The molecule has 0 radical (unpaired) electrons. The number of hydrogen-bond donors (Lipinski definition) is 2. The van der Waals surface area contributed by atoms with Crippen LogP contribution in [0.25, 0.3) is 0 Å². The van der Waals surface area contributed by atoms with E-state index in [4.69, 9.17) is 0 Å². The van der Waals surface area contributed by atoms with Crippen molar-refractivity contribution < 1.29 is 13.6 Å².